The summed E-state index contributed by atoms with van der Waals surface area (Å²) in [5, 5.41) is 3.15. The van der Waals surface area contributed by atoms with Gasteiger partial charge in [0, 0.05) is 39.1 Å². The van der Waals surface area contributed by atoms with Crippen molar-refractivity contribution in [1.29, 1.82) is 0 Å². The molecule has 29 heavy (non-hydrogen) atoms. The molecule has 0 radical (unpaired) electrons. The Hall–Kier alpha value is -2.37. The minimum Gasteiger partial charge on any atom is -0.494 e. The number of benzene rings is 2. The lowest BCUT2D eigenvalue weighted by Gasteiger charge is -2.38. The fourth-order valence-electron chi connectivity index (χ4n) is 3.62. The molecule has 3 rings (SSSR count). The Labute approximate surface area is 174 Å². The number of ether oxygens (including phenoxy) is 1. The van der Waals surface area contributed by atoms with E-state index in [1.807, 2.05) is 30.3 Å². The van der Waals surface area contributed by atoms with Gasteiger partial charge in [0.1, 0.15) is 5.75 Å². The minimum atomic E-state index is 0.0906. The van der Waals surface area contributed by atoms with E-state index in [4.69, 9.17) is 4.74 Å². The molecule has 0 aromatic heterocycles. The maximum Gasteiger partial charge on any atom is 0.220 e. The molecule has 1 aliphatic heterocycles. The molecule has 0 bridgehead atoms. The van der Waals surface area contributed by atoms with Crippen molar-refractivity contribution in [3.8, 4) is 5.75 Å². The number of hydrogen-bond donors (Lipinski definition) is 1. The maximum atomic E-state index is 12.4. The van der Waals surface area contributed by atoms with Crippen molar-refractivity contribution in [2.45, 2.75) is 25.8 Å². The van der Waals surface area contributed by atoms with Crippen LogP contribution in [0.3, 0.4) is 0 Å². The largest absolute Gasteiger partial charge is 0.494 e. The molecule has 2 aromatic rings. The van der Waals surface area contributed by atoms with Crippen LogP contribution in [0.1, 0.15) is 30.0 Å². The number of hydrogen-bond acceptors (Lipinski definition) is 4. The van der Waals surface area contributed by atoms with Crippen molar-refractivity contribution in [3.63, 3.8) is 0 Å². The van der Waals surface area contributed by atoms with Crippen molar-refractivity contribution in [2.24, 2.45) is 0 Å². The molecule has 5 heteroatoms. The quantitative estimate of drug-likeness (QED) is 0.662. The average molecular weight is 396 g/mol. The number of carbonyl (C=O) groups is 1. The van der Waals surface area contributed by atoms with Crippen LogP contribution in [-0.2, 0) is 4.79 Å². The second kappa shape index (κ2) is 11.0. The molecule has 1 fully saturated rings. The van der Waals surface area contributed by atoms with E-state index >= 15 is 0 Å². The molecule has 2 aromatic carbocycles. The predicted octanol–water partition coefficient (Wildman–Crippen LogP) is 3.26. The highest BCUT2D eigenvalue weighted by atomic mass is 16.5. The highest BCUT2D eigenvalue weighted by Crippen LogP contribution is 2.22. The summed E-state index contributed by atoms with van der Waals surface area (Å²) in [6.45, 7) is 7.47. The molecule has 156 valence electrons. The molecule has 0 saturated carbocycles. The molecular formula is C24H33N3O2. The van der Waals surface area contributed by atoms with E-state index in [0.29, 0.717) is 26.0 Å². The Bertz CT molecular complexity index is 740. The summed E-state index contributed by atoms with van der Waals surface area (Å²) < 4.78 is 5.67. The standard InChI is InChI=1S/C24H33N3O2/c1-20-10-12-21(13-11-20)23(27-16-14-26(2)15-17-27)19-25-24(28)9-6-18-29-22-7-4-3-5-8-22/h3-5,7-8,10-13,23H,6,9,14-19H2,1-2H3,(H,25,28). The Kier molecular flexibility index (Phi) is 8.08. The molecule has 1 amide bonds. The van der Waals surface area contributed by atoms with E-state index in [-0.39, 0.29) is 11.9 Å². The Morgan fingerprint density at radius 3 is 2.41 bits per heavy atom. The molecule has 1 atom stereocenters. The molecule has 5 nitrogen and oxygen atoms in total. The SMILES string of the molecule is Cc1ccc(C(CNC(=O)CCCOc2ccccc2)N2CCN(C)CC2)cc1. The Morgan fingerprint density at radius 2 is 1.72 bits per heavy atom. The van der Waals surface area contributed by atoms with Crippen LogP contribution in [-0.4, -0.2) is 62.1 Å². The van der Waals surface area contributed by atoms with E-state index in [0.717, 1.165) is 31.9 Å². The van der Waals surface area contributed by atoms with Gasteiger partial charge in [-0.3, -0.25) is 9.69 Å². The fourth-order valence-corrected chi connectivity index (χ4v) is 3.62. The second-order valence-electron chi connectivity index (χ2n) is 7.83. The van der Waals surface area contributed by atoms with Crippen molar-refractivity contribution >= 4 is 5.91 Å². The summed E-state index contributed by atoms with van der Waals surface area (Å²) in [5.74, 6) is 0.940. The van der Waals surface area contributed by atoms with E-state index in [1.54, 1.807) is 0 Å². The fraction of sp³-hybridized carbons (Fsp3) is 0.458. The first-order valence-corrected chi connectivity index (χ1v) is 10.6. The highest BCUT2D eigenvalue weighted by molar-refractivity contribution is 5.75. The van der Waals surface area contributed by atoms with Crippen LogP contribution < -0.4 is 10.1 Å². The van der Waals surface area contributed by atoms with Gasteiger partial charge in [-0.25, -0.2) is 0 Å². The van der Waals surface area contributed by atoms with Crippen LogP contribution in [0.25, 0.3) is 0 Å². The Morgan fingerprint density at radius 1 is 1.03 bits per heavy atom. The molecule has 1 heterocycles. The van der Waals surface area contributed by atoms with Crippen molar-refractivity contribution in [1.82, 2.24) is 15.1 Å². The summed E-state index contributed by atoms with van der Waals surface area (Å²) in [7, 11) is 2.16. The van der Waals surface area contributed by atoms with Crippen LogP contribution in [0.15, 0.2) is 54.6 Å². The smallest absolute Gasteiger partial charge is 0.220 e. The zero-order chi connectivity index (χ0) is 20.5. The highest BCUT2D eigenvalue weighted by Gasteiger charge is 2.24. The van der Waals surface area contributed by atoms with Crippen LogP contribution in [0.5, 0.6) is 5.75 Å². The molecule has 1 unspecified atom stereocenters. The van der Waals surface area contributed by atoms with Crippen LogP contribution in [0.4, 0.5) is 0 Å². The van der Waals surface area contributed by atoms with Gasteiger partial charge in [0.15, 0.2) is 0 Å². The predicted molar refractivity (Wildman–Crippen MR) is 117 cm³/mol. The van der Waals surface area contributed by atoms with Gasteiger partial charge in [-0.2, -0.15) is 0 Å². The molecule has 1 saturated heterocycles. The zero-order valence-corrected chi connectivity index (χ0v) is 17.6. The maximum absolute atomic E-state index is 12.4. The minimum absolute atomic E-state index is 0.0906. The van der Waals surface area contributed by atoms with Gasteiger partial charge in [-0.15, -0.1) is 0 Å². The van der Waals surface area contributed by atoms with E-state index in [9.17, 15) is 4.79 Å². The number of para-hydroxylation sites is 1. The first kappa shape index (κ1) is 21.3. The average Bonchev–Trinajstić information content (AvgIpc) is 2.74. The van der Waals surface area contributed by atoms with Gasteiger partial charge in [0.05, 0.1) is 12.6 Å². The summed E-state index contributed by atoms with van der Waals surface area (Å²) in [4.78, 5) is 17.2. The molecule has 1 aliphatic rings. The summed E-state index contributed by atoms with van der Waals surface area (Å²) in [6, 6.07) is 18.6. The number of rotatable bonds is 9. The Balaban J connectivity index is 1.48. The van der Waals surface area contributed by atoms with Gasteiger partial charge < -0.3 is 15.0 Å². The van der Waals surface area contributed by atoms with Crippen molar-refractivity contribution in [3.05, 3.63) is 65.7 Å². The lowest BCUT2D eigenvalue weighted by molar-refractivity contribution is -0.121. The third-order valence-corrected chi connectivity index (χ3v) is 5.49. The van der Waals surface area contributed by atoms with Crippen LogP contribution in [0.2, 0.25) is 0 Å². The van der Waals surface area contributed by atoms with Gasteiger partial charge >= 0.3 is 0 Å². The van der Waals surface area contributed by atoms with Gasteiger partial charge in [-0.05, 0) is 38.1 Å². The monoisotopic (exact) mass is 395 g/mol. The van der Waals surface area contributed by atoms with Crippen molar-refractivity contribution in [2.75, 3.05) is 46.4 Å². The van der Waals surface area contributed by atoms with Gasteiger partial charge in [0.2, 0.25) is 5.91 Å². The number of piperazine rings is 1. The molecular weight excluding hydrogens is 362 g/mol. The lowest BCUT2D eigenvalue weighted by atomic mass is 10.0. The van der Waals surface area contributed by atoms with E-state index in [2.05, 4.69) is 53.4 Å². The normalized spacial score (nSPS) is 16.3. The second-order valence-corrected chi connectivity index (χ2v) is 7.83. The van der Waals surface area contributed by atoms with E-state index in [1.165, 1.54) is 11.1 Å². The van der Waals surface area contributed by atoms with Crippen LogP contribution >= 0.6 is 0 Å². The molecule has 1 N–H and O–H groups in total. The summed E-state index contributed by atoms with van der Waals surface area (Å²) in [6.07, 6.45) is 1.20. The third kappa shape index (κ3) is 6.87. The zero-order valence-electron chi connectivity index (χ0n) is 17.6. The summed E-state index contributed by atoms with van der Waals surface area (Å²) in [5.41, 5.74) is 2.53. The number of nitrogens with zero attached hydrogens (tertiary/aromatic N) is 2. The van der Waals surface area contributed by atoms with E-state index < -0.39 is 0 Å². The van der Waals surface area contributed by atoms with Crippen LogP contribution in [0, 0.1) is 6.92 Å². The number of amides is 1. The van der Waals surface area contributed by atoms with Gasteiger partial charge in [-0.1, -0.05) is 48.0 Å². The third-order valence-electron chi connectivity index (χ3n) is 5.49. The van der Waals surface area contributed by atoms with Crippen molar-refractivity contribution < 1.29 is 9.53 Å². The molecule has 0 aliphatic carbocycles. The van der Waals surface area contributed by atoms with Gasteiger partial charge in [0.25, 0.3) is 0 Å². The number of carbonyl (C=O) groups excluding carboxylic acids is 1. The number of likely N-dealkylation sites (N-methyl/N-ethyl adjacent to an activating group) is 1. The molecule has 0 spiro atoms. The first-order valence-electron chi connectivity index (χ1n) is 10.6. The topological polar surface area (TPSA) is 44.8 Å². The summed E-state index contributed by atoms with van der Waals surface area (Å²) >= 11 is 0. The first-order chi connectivity index (χ1) is 14.1. The number of aryl methyl sites for hydroxylation is 1. The lowest BCUT2D eigenvalue weighted by Crippen LogP contribution is -2.48. The number of nitrogens with one attached hydrogen (secondary N) is 1.